The Morgan fingerprint density at radius 2 is 1.62 bits per heavy atom. The Hall–Kier alpha value is -2.63. The molecule has 2 saturated heterocycles. The Labute approximate surface area is 153 Å². The number of benzene rings is 1. The topological polar surface area (TPSA) is 58.4 Å². The molecule has 0 radical (unpaired) electrons. The lowest BCUT2D eigenvalue weighted by Gasteiger charge is -2.33. The Balaban J connectivity index is 1.35. The quantitative estimate of drug-likeness (QED) is 0.852. The minimum atomic E-state index is 0.0455. The molecule has 1 aromatic carbocycles. The molecule has 2 aliphatic heterocycles. The van der Waals surface area contributed by atoms with Crippen molar-refractivity contribution in [2.75, 3.05) is 26.2 Å². The zero-order chi connectivity index (χ0) is 17.9. The van der Waals surface area contributed by atoms with E-state index in [0.717, 1.165) is 44.5 Å². The van der Waals surface area contributed by atoms with Crippen LogP contribution in [-0.2, 0) is 4.79 Å². The van der Waals surface area contributed by atoms with Crippen LogP contribution in [0, 0.1) is 5.92 Å². The maximum Gasteiger partial charge on any atom is 0.253 e. The van der Waals surface area contributed by atoms with E-state index in [0.29, 0.717) is 18.7 Å². The van der Waals surface area contributed by atoms with E-state index in [4.69, 9.17) is 0 Å². The summed E-state index contributed by atoms with van der Waals surface area (Å²) in [6, 6.07) is 9.38. The summed E-state index contributed by atoms with van der Waals surface area (Å²) in [6.45, 7) is 3.12. The van der Waals surface area contributed by atoms with Crippen LogP contribution in [0.1, 0.15) is 36.0 Å². The molecule has 3 heterocycles. The van der Waals surface area contributed by atoms with Gasteiger partial charge >= 0.3 is 0 Å². The van der Waals surface area contributed by atoms with Crippen molar-refractivity contribution in [3.05, 3.63) is 48.3 Å². The second-order valence-electron chi connectivity index (χ2n) is 7.10. The van der Waals surface area contributed by atoms with Crippen molar-refractivity contribution in [2.24, 2.45) is 5.92 Å². The van der Waals surface area contributed by atoms with Crippen LogP contribution in [0.15, 0.2) is 42.7 Å². The summed E-state index contributed by atoms with van der Waals surface area (Å²) in [4.78, 5) is 29.1. The fourth-order valence-electron chi connectivity index (χ4n) is 3.89. The Morgan fingerprint density at radius 1 is 0.923 bits per heavy atom. The summed E-state index contributed by atoms with van der Waals surface area (Å²) in [6.07, 6.45) is 7.39. The summed E-state index contributed by atoms with van der Waals surface area (Å²) >= 11 is 0. The number of hydrogen-bond acceptors (Lipinski definition) is 3. The third-order valence-electron chi connectivity index (χ3n) is 5.43. The summed E-state index contributed by atoms with van der Waals surface area (Å²) in [5, 5.41) is 4.19. The second kappa shape index (κ2) is 7.32. The lowest BCUT2D eigenvalue weighted by atomic mass is 9.95. The summed E-state index contributed by atoms with van der Waals surface area (Å²) in [5.74, 6) is 0.418. The third-order valence-corrected chi connectivity index (χ3v) is 5.43. The summed E-state index contributed by atoms with van der Waals surface area (Å²) in [7, 11) is 0. The molecule has 6 heteroatoms. The van der Waals surface area contributed by atoms with E-state index >= 15 is 0 Å². The van der Waals surface area contributed by atoms with Crippen LogP contribution in [0.3, 0.4) is 0 Å². The van der Waals surface area contributed by atoms with Crippen LogP contribution in [0.2, 0.25) is 0 Å². The van der Waals surface area contributed by atoms with E-state index in [1.807, 2.05) is 46.3 Å². The third kappa shape index (κ3) is 3.36. The first-order chi connectivity index (χ1) is 12.7. The maximum absolute atomic E-state index is 12.7. The average molecular weight is 352 g/mol. The number of nitrogens with zero attached hydrogens (tertiary/aromatic N) is 4. The number of rotatable bonds is 3. The minimum absolute atomic E-state index is 0.0455. The largest absolute Gasteiger partial charge is 0.342 e. The SMILES string of the molecule is O=C(c1ccc(-n2cccn2)cc1)N1CCC(C(=O)N2CCCC2)CC1. The number of likely N-dealkylation sites (tertiary alicyclic amines) is 2. The van der Waals surface area contributed by atoms with Crippen molar-refractivity contribution in [3.8, 4) is 5.69 Å². The standard InChI is InChI=1S/C20H24N4O2/c25-19(16-4-6-18(7-5-16)24-13-3-10-21-24)23-14-8-17(9-15-23)20(26)22-11-1-2-12-22/h3-7,10,13,17H,1-2,8-9,11-12,14-15H2. The molecule has 2 amide bonds. The molecule has 0 N–H and O–H groups in total. The highest BCUT2D eigenvalue weighted by Crippen LogP contribution is 2.23. The number of carbonyl (C=O) groups is 2. The number of amides is 2. The molecule has 0 atom stereocenters. The molecule has 0 saturated carbocycles. The van der Waals surface area contributed by atoms with Crippen LogP contribution < -0.4 is 0 Å². The number of carbonyl (C=O) groups excluding carboxylic acids is 2. The number of piperidine rings is 1. The van der Waals surface area contributed by atoms with Gasteiger partial charge in [0.1, 0.15) is 0 Å². The van der Waals surface area contributed by atoms with Crippen molar-refractivity contribution in [3.63, 3.8) is 0 Å². The van der Waals surface area contributed by atoms with Gasteiger partial charge in [0.25, 0.3) is 5.91 Å². The van der Waals surface area contributed by atoms with Crippen molar-refractivity contribution >= 4 is 11.8 Å². The predicted molar refractivity (Wildman–Crippen MR) is 98.0 cm³/mol. The normalized spacial score (nSPS) is 18.3. The van der Waals surface area contributed by atoms with E-state index in [9.17, 15) is 9.59 Å². The van der Waals surface area contributed by atoms with E-state index in [1.165, 1.54) is 0 Å². The van der Waals surface area contributed by atoms with Crippen LogP contribution in [0.25, 0.3) is 5.69 Å². The fourth-order valence-corrected chi connectivity index (χ4v) is 3.89. The van der Waals surface area contributed by atoms with E-state index in [-0.39, 0.29) is 17.7 Å². The molecule has 6 nitrogen and oxygen atoms in total. The van der Waals surface area contributed by atoms with Gasteiger partial charge < -0.3 is 9.80 Å². The second-order valence-corrected chi connectivity index (χ2v) is 7.10. The van der Waals surface area contributed by atoms with Gasteiger partial charge in [0.05, 0.1) is 5.69 Å². The molecule has 2 aliphatic rings. The van der Waals surface area contributed by atoms with Gasteiger partial charge in [-0.3, -0.25) is 9.59 Å². The zero-order valence-corrected chi connectivity index (χ0v) is 14.9. The highest BCUT2D eigenvalue weighted by atomic mass is 16.2. The molecule has 26 heavy (non-hydrogen) atoms. The Kier molecular flexibility index (Phi) is 4.73. The molecular weight excluding hydrogens is 328 g/mol. The highest BCUT2D eigenvalue weighted by Gasteiger charge is 2.31. The van der Waals surface area contributed by atoms with Gasteiger partial charge in [-0.05, 0) is 56.0 Å². The van der Waals surface area contributed by atoms with Crippen molar-refractivity contribution in [1.29, 1.82) is 0 Å². The van der Waals surface area contributed by atoms with E-state index < -0.39 is 0 Å². The molecule has 4 rings (SSSR count). The zero-order valence-electron chi connectivity index (χ0n) is 14.9. The van der Waals surface area contributed by atoms with Gasteiger partial charge in [-0.25, -0.2) is 4.68 Å². The molecular formula is C20H24N4O2. The van der Waals surface area contributed by atoms with Gasteiger partial charge in [-0.15, -0.1) is 0 Å². The molecule has 0 unspecified atom stereocenters. The molecule has 136 valence electrons. The highest BCUT2D eigenvalue weighted by molar-refractivity contribution is 5.94. The monoisotopic (exact) mass is 352 g/mol. The van der Waals surface area contributed by atoms with Crippen LogP contribution in [0.5, 0.6) is 0 Å². The molecule has 0 bridgehead atoms. The fraction of sp³-hybridized carbons (Fsp3) is 0.450. The minimum Gasteiger partial charge on any atom is -0.342 e. The summed E-state index contributed by atoms with van der Waals surface area (Å²) in [5.41, 5.74) is 1.62. The molecule has 1 aromatic heterocycles. The van der Waals surface area contributed by atoms with Gasteiger partial charge in [0.2, 0.25) is 5.91 Å². The number of hydrogen-bond donors (Lipinski definition) is 0. The van der Waals surface area contributed by atoms with Gasteiger partial charge in [0, 0.05) is 50.1 Å². The number of aromatic nitrogens is 2. The average Bonchev–Trinajstić information content (AvgIpc) is 3.41. The van der Waals surface area contributed by atoms with Gasteiger partial charge in [-0.2, -0.15) is 5.10 Å². The van der Waals surface area contributed by atoms with Crippen molar-refractivity contribution in [1.82, 2.24) is 19.6 Å². The van der Waals surface area contributed by atoms with E-state index in [1.54, 1.807) is 10.9 Å². The van der Waals surface area contributed by atoms with Gasteiger partial charge in [-0.1, -0.05) is 0 Å². The van der Waals surface area contributed by atoms with E-state index in [2.05, 4.69) is 5.10 Å². The molecule has 2 aromatic rings. The molecule has 0 spiro atoms. The first-order valence-corrected chi connectivity index (χ1v) is 9.40. The summed E-state index contributed by atoms with van der Waals surface area (Å²) < 4.78 is 1.77. The Morgan fingerprint density at radius 3 is 2.23 bits per heavy atom. The molecule has 2 fully saturated rings. The van der Waals surface area contributed by atoms with Gasteiger partial charge in [0.15, 0.2) is 0 Å². The lowest BCUT2D eigenvalue weighted by Crippen LogP contribution is -2.43. The smallest absolute Gasteiger partial charge is 0.253 e. The first kappa shape index (κ1) is 16.8. The maximum atomic E-state index is 12.7. The molecule has 0 aliphatic carbocycles. The van der Waals surface area contributed by atoms with Crippen LogP contribution in [-0.4, -0.2) is 57.6 Å². The van der Waals surface area contributed by atoms with Crippen molar-refractivity contribution in [2.45, 2.75) is 25.7 Å². The lowest BCUT2D eigenvalue weighted by molar-refractivity contribution is -0.135. The predicted octanol–water partition coefficient (Wildman–Crippen LogP) is 2.35. The first-order valence-electron chi connectivity index (χ1n) is 9.40. The van der Waals surface area contributed by atoms with Crippen molar-refractivity contribution < 1.29 is 9.59 Å². The Bertz CT molecular complexity index is 756. The van der Waals surface area contributed by atoms with Crippen LogP contribution >= 0.6 is 0 Å². The van der Waals surface area contributed by atoms with Crippen LogP contribution in [0.4, 0.5) is 0 Å².